The van der Waals surface area contributed by atoms with Crippen molar-refractivity contribution in [3.05, 3.63) is 29.3 Å². The van der Waals surface area contributed by atoms with Gasteiger partial charge in [-0.25, -0.2) is 9.78 Å². The summed E-state index contributed by atoms with van der Waals surface area (Å²) in [6.45, 7) is 9.25. The molecular weight excluding hydrogens is 398 g/mol. The fourth-order valence-electron chi connectivity index (χ4n) is 4.10. The Balaban J connectivity index is 1.62. The Morgan fingerprint density at radius 3 is 2.71 bits per heavy atom. The first-order valence-electron chi connectivity index (χ1n) is 10.6. The number of carbonyl (C=O) groups is 2. The number of piperazine rings is 1. The predicted molar refractivity (Wildman–Crippen MR) is 116 cm³/mol. The van der Waals surface area contributed by atoms with Crippen molar-refractivity contribution in [1.29, 1.82) is 0 Å². The summed E-state index contributed by atoms with van der Waals surface area (Å²) in [6.07, 6.45) is 0.295. The van der Waals surface area contributed by atoms with E-state index in [0.29, 0.717) is 55.4 Å². The molecule has 166 valence electrons. The monoisotopic (exact) mass is 427 g/mol. The second-order valence-electron chi connectivity index (χ2n) is 9.07. The molecule has 1 atom stereocenters. The van der Waals surface area contributed by atoms with Crippen LogP contribution in [0.5, 0.6) is 11.6 Å². The van der Waals surface area contributed by atoms with Crippen LogP contribution in [0.2, 0.25) is 0 Å². The molecule has 1 aromatic carbocycles. The number of hydrogen-bond acceptors (Lipinski definition) is 6. The van der Waals surface area contributed by atoms with Crippen molar-refractivity contribution in [1.82, 2.24) is 14.8 Å². The highest BCUT2D eigenvalue weighted by atomic mass is 16.6. The zero-order chi connectivity index (χ0) is 22.3. The number of nitrogens with zero attached hydrogens (tertiary/aromatic N) is 3. The van der Waals surface area contributed by atoms with Crippen LogP contribution in [0.3, 0.4) is 0 Å². The molecule has 2 aliphatic rings. The number of amides is 2. The maximum Gasteiger partial charge on any atom is 0.410 e. The fourth-order valence-corrected chi connectivity index (χ4v) is 4.10. The van der Waals surface area contributed by atoms with E-state index in [4.69, 9.17) is 14.2 Å². The largest absolute Gasteiger partial charge is 0.493 e. The number of pyridine rings is 1. The molecule has 31 heavy (non-hydrogen) atoms. The predicted octanol–water partition coefficient (Wildman–Crippen LogP) is 3.40. The highest BCUT2D eigenvalue weighted by molar-refractivity contribution is 6.01. The molecular formula is C23H29N3O5. The van der Waals surface area contributed by atoms with Crippen LogP contribution in [-0.4, -0.2) is 71.8 Å². The molecule has 0 spiro atoms. The highest BCUT2D eigenvalue weighted by Crippen LogP contribution is 2.32. The molecule has 4 rings (SSSR count). The van der Waals surface area contributed by atoms with Gasteiger partial charge in [-0.1, -0.05) is 0 Å². The van der Waals surface area contributed by atoms with Gasteiger partial charge in [0.2, 0.25) is 5.88 Å². The molecule has 0 aliphatic carbocycles. The van der Waals surface area contributed by atoms with E-state index in [1.165, 1.54) is 0 Å². The van der Waals surface area contributed by atoms with Crippen molar-refractivity contribution in [2.24, 2.45) is 0 Å². The number of carbonyl (C=O) groups excluding carboxylic acids is 2. The summed E-state index contributed by atoms with van der Waals surface area (Å²) < 4.78 is 16.8. The molecule has 0 N–H and O–H groups in total. The Morgan fingerprint density at radius 1 is 1.23 bits per heavy atom. The van der Waals surface area contributed by atoms with Crippen LogP contribution in [0.15, 0.2) is 18.2 Å². The second kappa shape index (κ2) is 7.90. The van der Waals surface area contributed by atoms with Gasteiger partial charge in [0, 0.05) is 37.0 Å². The van der Waals surface area contributed by atoms with E-state index in [2.05, 4.69) is 4.98 Å². The van der Waals surface area contributed by atoms with E-state index in [1.54, 1.807) is 18.1 Å². The van der Waals surface area contributed by atoms with Gasteiger partial charge in [0.1, 0.15) is 11.4 Å². The molecule has 1 saturated heterocycles. The van der Waals surface area contributed by atoms with Crippen molar-refractivity contribution in [3.8, 4) is 11.6 Å². The highest BCUT2D eigenvalue weighted by Gasteiger charge is 2.36. The van der Waals surface area contributed by atoms with Gasteiger partial charge in [-0.15, -0.1) is 0 Å². The molecule has 0 saturated carbocycles. The third kappa shape index (κ3) is 4.24. The maximum absolute atomic E-state index is 13.4. The van der Waals surface area contributed by atoms with Gasteiger partial charge in [0.25, 0.3) is 5.91 Å². The van der Waals surface area contributed by atoms with Gasteiger partial charge in [-0.3, -0.25) is 4.79 Å². The van der Waals surface area contributed by atoms with Crippen molar-refractivity contribution >= 4 is 22.9 Å². The zero-order valence-electron chi connectivity index (χ0n) is 18.7. The lowest BCUT2D eigenvalue weighted by molar-refractivity contribution is 0.00110. The van der Waals surface area contributed by atoms with Crippen molar-refractivity contribution in [2.75, 3.05) is 33.4 Å². The van der Waals surface area contributed by atoms with Gasteiger partial charge in [0.15, 0.2) is 0 Å². The van der Waals surface area contributed by atoms with Gasteiger partial charge >= 0.3 is 6.09 Å². The van der Waals surface area contributed by atoms with Gasteiger partial charge < -0.3 is 24.0 Å². The molecule has 0 unspecified atom stereocenters. The first kappa shape index (κ1) is 21.2. The average Bonchev–Trinajstić information content (AvgIpc) is 2.70. The SMILES string of the molecule is COc1nc2cc3c(cc2cc1C)OCC[C@@H]1CN(C(=O)OC(C)(C)C)CCN1C3=O. The third-order valence-electron chi connectivity index (χ3n) is 5.59. The minimum atomic E-state index is -0.555. The first-order chi connectivity index (χ1) is 14.7. The number of ether oxygens (including phenoxy) is 3. The molecule has 2 aliphatic heterocycles. The zero-order valence-corrected chi connectivity index (χ0v) is 18.7. The van der Waals surface area contributed by atoms with E-state index < -0.39 is 5.60 Å². The van der Waals surface area contributed by atoms with Crippen LogP contribution >= 0.6 is 0 Å². The summed E-state index contributed by atoms with van der Waals surface area (Å²) in [4.78, 5) is 34.0. The second-order valence-corrected chi connectivity index (χ2v) is 9.07. The van der Waals surface area contributed by atoms with Crippen LogP contribution in [0, 0.1) is 6.92 Å². The fraction of sp³-hybridized carbons (Fsp3) is 0.522. The number of aromatic nitrogens is 1. The Kier molecular flexibility index (Phi) is 5.41. The average molecular weight is 428 g/mol. The molecule has 2 aromatic rings. The molecule has 0 bridgehead atoms. The minimum Gasteiger partial charge on any atom is -0.493 e. The Bertz CT molecular complexity index is 1030. The van der Waals surface area contributed by atoms with Crippen LogP contribution < -0.4 is 9.47 Å². The number of hydrogen-bond donors (Lipinski definition) is 0. The Hall–Kier alpha value is -3.03. The smallest absolute Gasteiger partial charge is 0.410 e. The summed E-state index contributed by atoms with van der Waals surface area (Å²) in [5, 5.41) is 0.900. The van der Waals surface area contributed by atoms with E-state index in [-0.39, 0.29) is 18.0 Å². The standard InChI is InChI=1S/C23H29N3O5/c1-14-10-15-11-19-17(12-18(15)24-20(14)29-5)21(27)26-8-7-25(13-16(26)6-9-30-19)22(28)31-23(2,3)4/h10-12,16H,6-9,13H2,1-5H3/t16-/m1/s1. The lowest BCUT2D eigenvalue weighted by Crippen LogP contribution is -2.58. The van der Waals surface area contributed by atoms with Crippen molar-refractivity contribution < 1.29 is 23.8 Å². The van der Waals surface area contributed by atoms with Crippen LogP contribution in [-0.2, 0) is 4.74 Å². The Morgan fingerprint density at radius 2 is 2.00 bits per heavy atom. The van der Waals surface area contributed by atoms with Gasteiger partial charge in [-0.2, -0.15) is 0 Å². The topological polar surface area (TPSA) is 81.2 Å². The van der Waals surface area contributed by atoms with E-state index in [1.807, 2.05) is 44.7 Å². The molecule has 8 heteroatoms. The van der Waals surface area contributed by atoms with E-state index >= 15 is 0 Å². The quantitative estimate of drug-likeness (QED) is 0.694. The Labute approximate surface area is 182 Å². The summed E-state index contributed by atoms with van der Waals surface area (Å²) in [7, 11) is 1.58. The number of benzene rings is 1. The van der Waals surface area contributed by atoms with Crippen molar-refractivity contribution in [2.45, 2.75) is 45.8 Å². The third-order valence-corrected chi connectivity index (χ3v) is 5.59. The molecule has 8 nitrogen and oxygen atoms in total. The number of methoxy groups -OCH3 is 1. The van der Waals surface area contributed by atoms with Crippen LogP contribution in [0.25, 0.3) is 10.9 Å². The lowest BCUT2D eigenvalue weighted by Gasteiger charge is -2.42. The number of rotatable bonds is 1. The lowest BCUT2D eigenvalue weighted by atomic mass is 10.0. The number of fused-ring (bicyclic) bond motifs is 3. The number of aryl methyl sites for hydroxylation is 1. The van der Waals surface area contributed by atoms with Gasteiger partial charge in [0.05, 0.1) is 30.8 Å². The summed E-state index contributed by atoms with van der Waals surface area (Å²) >= 11 is 0. The summed E-state index contributed by atoms with van der Waals surface area (Å²) in [5.74, 6) is 0.999. The van der Waals surface area contributed by atoms with Crippen LogP contribution in [0.1, 0.15) is 43.1 Å². The molecule has 1 fully saturated rings. The molecule has 1 aromatic heterocycles. The van der Waals surface area contributed by atoms with E-state index in [9.17, 15) is 9.59 Å². The summed E-state index contributed by atoms with van der Waals surface area (Å²) in [5.41, 5.74) is 1.54. The molecule has 3 heterocycles. The molecule has 0 radical (unpaired) electrons. The van der Waals surface area contributed by atoms with Gasteiger partial charge in [-0.05, 0) is 45.9 Å². The summed E-state index contributed by atoms with van der Waals surface area (Å²) in [6, 6.07) is 5.51. The first-order valence-corrected chi connectivity index (χ1v) is 10.6. The molecule has 2 amide bonds. The van der Waals surface area contributed by atoms with Crippen LogP contribution in [0.4, 0.5) is 4.79 Å². The maximum atomic E-state index is 13.4. The van der Waals surface area contributed by atoms with Crippen molar-refractivity contribution in [3.63, 3.8) is 0 Å². The normalized spacial score (nSPS) is 19.1. The minimum absolute atomic E-state index is 0.105. The van der Waals surface area contributed by atoms with E-state index in [0.717, 1.165) is 10.9 Å².